The molecule has 2 aromatic rings. The summed E-state index contributed by atoms with van der Waals surface area (Å²) in [6, 6.07) is 11.4. The second-order valence-electron chi connectivity index (χ2n) is 10.1. The minimum atomic E-state index is -4.69. The van der Waals surface area contributed by atoms with Crippen molar-refractivity contribution in [2.75, 3.05) is 50.8 Å². The number of aromatic nitrogens is 1. The molecule has 0 aliphatic carbocycles. The van der Waals surface area contributed by atoms with E-state index >= 15 is 0 Å². The normalized spacial score (nSPS) is 23.4. The maximum Gasteiger partial charge on any atom is 0.402 e. The number of fused-ring (bicyclic) bond motifs is 1. The molecule has 0 bridgehead atoms. The van der Waals surface area contributed by atoms with E-state index in [1.165, 1.54) is 6.20 Å². The average molecular weight is 558 g/mol. The summed E-state index contributed by atoms with van der Waals surface area (Å²) in [7, 11) is 0. The maximum atomic E-state index is 13.9. The van der Waals surface area contributed by atoms with Crippen molar-refractivity contribution >= 4 is 17.6 Å². The molecule has 4 heterocycles. The molecule has 13 heteroatoms. The lowest BCUT2D eigenvalue weighted by Gasteiger charge is -2.41. The zero-order valence-corrected chi connectivity index (χ0v) is 21.7. The number of amides is 2. The van der Waals surface area contributed by atoms with Gasteiger partial charge in [-0.1, -0.05) is 24.3 Å². The molecule has 0 saturated carbocycles. The Balaban J connectivity index is 1.15. The van der Waals surface area contributed by atoms with Crippen LogP contribution in [0, 0.1) is 17.2 Å². The fourth-order valence-electron chi connectivity index (χ4n) is 5.65. The van der Waals surface area contributed by atoms with Gasteiger partial charge in [0, 0.05) is 51.5 Å². The molecule has 0 spiro atoms. The van der Waals surface area contributed by atoms with Gasteiger partial charge in [-0.3, -0.25) is 19.9 Å². The summed E-state index contributed by atoms with van der Waals surface area (Å²) in [6.07, 6.45) is -3.01. The molecule has 2 saturated heterocycles. The van der Waals surface area contributed by atoms with E-state index in [0.717, 1.165) is 16.9 Å². The Morgan fingerprint density at radius 2 is 1.93 bits per heavy atom. The molecule has 2 N–H and O–H groups in total. The average Bonchev–Trinajstić information content (AvgIpc) is 3.33. The first kappa shape index (κ1) is 27.8. The summed E-state index contributed by atoms with van der Waals surface area (Å²) < 4.78 is 47.5. The lowest BCUT2D eigenvalue weighted by molar-refractivity contribution is -0.203. The molecule has 2 amide bonds. The molecule has 10 nitrogen and oxygen atoms in total. The van der Waals surface area contributed by atoms with Gasteiger partial charge in [0.25, 0.3) is 0 Å². The molecular formula is C27H30F3N7O3. The van der Waals surface area contributed by atoms with E-state index in [1.54, 1.807) is 21.9 Å². The fourth-order valence-corrected chi connectivity index (χ4v) is 5.65. The van der Waals surface area contributed by atoms with Crippen LogP contribution in [0.1, 0.15) is 29.2 Å². The fraction of sp³-hybridized carbons (Fsp3) is 0.481. The summed E-state index contributed by atoms with van der Waals surface area (Å²) in [5, 5.41) is 8.93. The van der Waals surface area contributed by atoms with Gasteiger partial charge in [-0.05, 0) is 23.3 Å². The number of anilines is 1. The van der Waals surface area contributed by atoms with Crippen LogP contribution in [0.5, 0.6) is 0 Å². The largest absolute Gasteiger partial charge is 0.402 e. The summed E-state index contributed by atoms with van der Waals surface area (Å²) in [6.45, 7) is 2.74. The Morgan fingerprint density at radius 1 is 1.15 bits per heavy atom. The second kappa shape index (κ2) is 11.8. The van der Waals surface area contributed by atoms with Crippen LogP contribution >= 0.6 is 0 Å². The van der Waals surface area contributed by atoms with Crippen molar-refractivity contribution in [2.45, 2.75) is 31.2 Å². The van der Waals surface area contributed by atoms with Gasteiger partial charge in [-0.15, -0.1) is 0 Å². The predicted octanol–water partition coefficient (Wildman–Crippen LogP) is 1.75. The van der Waals surface area contributed by atoms with Gasteiger partial charge in [0.05, 0.1) is 31.2 Å². The minimum absolute atomic E-state index is 0.0527. The number of ether oxygens (including phenoxy) is 1. The van der Waals surface area contributed by atoms with Gasteiger partial charge in [0.1, 0.15) is 11.9 Å². The van der Waals surface area contributed by atoms with Crippen molar-refractivity contribution in [3.63, 3.8) is 0 Å². The molecule has 3 aliphatic rings. The Kier molecular flexibility index (Phi) is 8.20. The van der Waals surface area contributed by atoms with Gasteiger partial charge >= 0.3 is 6.18 Å². The number of alkyl halides is 3. The van der Waals surface area contributed by atoms with Crippen molar-refractivity contribution in [2.24, 2.45) is 5.92 Å². The monoisotopic (exact) mass is 557 g/mol. The van der Waals surface area contributed by atoms with Crippen molar-refractivity contribution in [3.05, 3.63) is 59.3 Å². The third kappa shape index (κ3) is 5.89. The first-order valence-electron chi connectivity index (χ1n) is 13.2. The summed E-state index contributed by atoms with van der Waals surface area (Å²) >= 11 is 0. The predicted molar refractivity (Wildman–Crippen MR) is 137 cm³/mol. The lowest BCUT2D eigenvalue weighted by Crippen LogP contribution is -2.64. The Hall–Kier alpha value is -3.73. The van der Waals surface area contributed by atoms with Gasteiger partial charge < -0.3 is 14.5 Å². The van der Waals surface area contributed by atoms with E-state index in [2.05, 4.69) is 20.7 Å². The number of hydrogen-bond donors (Lipinski definition) is 2. The molecule has 3 aliphatic heterocycles. The number of piperazine rings is 1. The van der Waals surface area contributed by atoms with E-state index in [4.69, 9.17) is 10.00 Å². The first-order chi connectivity index (χ1) is 19.3. The van der Waals surface area contributed by atoms with E-state index in [0.29, 0.717) is 31.7 Å². The van der Waals surface area contributed by atoms with Crippen molar-refractivity contribution in [3.8, 4) is 6.07 Å². The molecule has 3 atom stereocenters. The number of hydrogen-bond acceptors (Lipinski definition) is 8. The van der Waals surface area contributed by atoms with Crippen LogP contribution in [0.4, 0.5) is 19.0 Å². The van der Waals surface area contributed by atoms with Crippen LogP contribution in [0.3, 0.4) is 0 Å². The van der Waals surface area contributed by atoms with E-state index in [1.807, 2.05) is 30.3 Å². The SMILES string of the molecule is N#Cc1ccc(N2CCN(C(=O)CCOC[C@@H]3c4ccccc4CN3C3CNNC(=O)C3C(F)(F)F)CC2)nc1. The van der Waals surface area contributed by atoms with Gasteiger partial charge in [0.15, 0.2) is 5.92 Å². The minimum Gasteiger partial charge on any atom is -0.379 e. The number of nitrogens with one attached hydrogen (secondary N) is 2. The molecule has 40 heavy (non-hydrogen) atoms. The van der Waals surface area contributed by atoms with Crippen LogP contribution < -0.4 is 15.8 Å². The molecular weight excluding hydrogens is 527 g/mol. The van der Waals surface area contributed by atoms with E-state index in [-0.39, 0.29) is 38.6 Å². The third-order valence-electron chi connectivity index (χ3n) is 7.71. The van der Waals surface area contributed by atoms with Crippen molar-refractivity contribution < 1.29 is 27.5 Å². The number of nitrogens with zero attached hydrogens (tertiary/aromatic N) is 5. The third-order valence-corrected chi connectivity index (χ3v) is 7.71. The van der Waals surface area contributed by atoms with Crippen LogP contribution in [0.2, 0.25) is 0 Å². The summed E-state index contributed by atoms with van der Waals surface area (Å²) in [5.74, 6) is -2.55. The quantitative estimate of drug-likeness (QED) is 0.495. The number of benzene rings is 1. The van der Waals surface area contributed by atoms with Crippen molar-refractivity contribution in [1.82, 2.24) is 25.6 Å². The number of carbonyl (C=O) groups excluding carboxylic acids is 2. The van der Waals surface area contributed by atoms with Crippen molar-refractivity contribution in [1.29, 1.82) is 5.26 Å². The van der Waals surface area contributed by atoms with E-state index in [9.17, 15) is 22.8 Å². The summed E-state index contributed by atoms with van der Waals surface area (Å²) in [5.41, 5.74) is 6.96. The Labute approximate surface area is 229 Å². The first-order valence-corrected chi connectivity index (χ1v) is 13.2. The van der Waals surface area contributed by atoms with Gasteiger partial charge in [0.2, 0.25) is 11.8 Å². The zero-order chi connectivity index (χ0) is 28.3. The molecule has 1 aromatic heterocycles. The molecule has 2 unspecified atom stereocenters. The highest BCUT2D eigenvalue weighted by Crippen LogP contribution is 2.41. The smallest absolute Gasteiger partial charge is 0.379 e. The Morgan fingerprint density at radius 3 is 2.62 bits per heavy atom. The lowest BCUT2D eigenvalue weighted by atomic mass is 9.94. The van der Waals surface area contributed by atoms with Crippen LogP contribution in [0.15, 0.2) is 42.6 Å². The zero-order valence-electron chi connectivity index (χ0n) is 21.7. The number of rotatable bonds is 7. The summed E-state index contributed by atoms with van der Waals surface area (Å²) in [4.78, 5) is 34.8. The molecule has 0 radical (unpaired) electrons. The Bertz CT molecular complexity index is 1260. The standard InChI is InChI=1S/C27H30F3N7O3/c28-27(29,30)25-21(15-33-34-26(25)39)37-16-19-3-1-2-4-20(19)22(37)17-40-12-7-24(38)36-10-8-35(9-11-36)23-6-5-18(13-31)14-32-23/h1-6,14,21-22,25,33H,7-12,15-17H2,(H,34,39)/t21?,22-,25?/m1/s1. The second-order valence-corrected chi connectivity index (χ2v) is 10.1. The number of pyridine rings is 1. The number of nitriles is 1. The number of carbonyl (C=O) groups is 2. The maximum absolute atomic E-state index is 13.9. The highest BCUT2D eigenvalue weighted by atomic mass is 19.4. The van der Waals surface area contributed by atoms with Gasteiger partial charge in [-0.25, -0.2) is 10.4 Å². The molecule has 1 aromatic carbocycles. The topological polar surface area (TPSA) is 114 Å². The highest BCUT2D eigenvalue weighted by Gasteiger charge is 2.54. The molecule has 212 valence electrons. The molecule has 2 fully saturated rings. The van der Waals surface area contributed by atoms with Crippen LogP contribution in [0.25, 0.3) is 0 Å². The number of hydrazine groups is 1. The number of halogens is 3. The van der Waals surface area contributed by atoms with E-state index < -0.39 is 30.1 Å². The van der Waals surface area contributed by atoms with Gasteiger partial charge in [-0.2, -0.15) is 18.4 Å². The van der Waals surface area contributed by atoms with Crippen LogP contribution in [-0.2, 0) is 20.9 Å². The molecule has 5 rings (SSSR count). The highest BCUT2D eigenvalue weighted by molar-refractivity contribution is 5.80. The van der Waals surface area contributed by atoms with Crippen LogP contribution in [-0.4, -0.2) is 84.8 Å².